The van der Waals surface area contributed by atoms with Gasteiger partial charge in [0.2, 0.25) is 0 Å². The molecule has 1 heterocycles. The third-order valence-corrected chi connectivity index (χ3v) is 5.02. The van der Waals surface area contributed by atoms with Crippen molar-refractivity contribution in [1.82, 2.24) is 4.90 Å². The van der Waals surface area contributed by atoms with Crippen LogP contribution in [0.4, 0.5) is 0 Å². The zero-order valence-electron chi connectivity index (χ0n) is 11.8. The van der Waals surface area contributed by atoms with Crippen molar-refractivity contribution in [3.63, 3.8) is 0 Å². The molecule has 3 aliphatic rings. The maximum atomic E-state index is 6.16. The first-order chi connectivity index (χ1) is 9.26. The molecular formula is C14H25N3O2. The van der Waals surface area contributed by atoms with Crippen molar-refractivity contribution in [2.45, 2.75) is 44.8 Å². The second-order valence-electron chi connectivity index (χ2n) is 5.87. The minimum atomic E-state index is 0.312. The van der Waals surface area contributed by atoms with Crippen molar-refractivity contribution >= 4 is 5.96 Å². The SMILES string of the molecule is CCOC1CC(N=C(N)N2CCOCC2)C12CCC2. The molecule has 1 spiro atoms. The second kappa shape index (κ2) is 5.29. The summed E-state index contributed by atoms with van der Waals surface area (Å²) in [5.41, 5.74) is 6.47. The van der Waals surface area contributed by atoms with Crippen LogP contribution in [0.15, 0.2) is 4.99 Å². The van der Waals surface area contributed by atoms with Gasteiger partial charge >= 0.3 is 0 Å². The molecule has 0 aromatic carbocycles. The molecule has 0 aromatic rings. The predicted octanol–water partition coefficient (Wildman–Crippen LogP) is 0.981. The van der Waals surface area contributed by atoms with Gasteiger partial charge in [0.1, 0.15) is 0 Å². The number of ether oxygens (including phenoxy) is 2. The van der Waals surface area contributed by atoms with Gasteiger partial charge in [0, 0.05) is 25.1 Å². The molecule has 19 heavy (non-hydrogen) atoms. The molecule has 0 amide bonds. The van der Waals surface area contributed by atoms with E-state index in [0.29, 0.717) is 23.5 Å². The minimum Gasteiger partial charge on any atom is -0.378 e. The normalized spacial score (nSPS) is 33.9. The number of aliphatic imine (C=N–C) groups is 1. The molecule has 0 aromatic heterocycles. The number of nitrogens with zero attached hydrogens (tertiary/aromatic N) is 2. The van der Waals surface area contributed by atoms with E-state index in [2.05, 4.69) is 11.8 Å². The number of guanidine groups is 1. The van der Waals surface area contributed by atoms with Crippen molar-refractivity contribution in [1.29, 1.82) is 0 Å². The highest BCUT2D eigenvalue weighted by molar-refractivity contribution is 5.78. The van der Waals surface area contributed by atoms with Crippen LogP contribution >= 0.6 is 0 Å². The lowest BCUT2D eigenvalue weighted by atomic mass is 9.51. The lowest BCUT2D eigenvalue weighted by Crippen LogP contribution is -2.62. The van der Waals surface area contributed by atoms with E-state index in [1.807, 2.05) is 0 Å². The Bertz CT molecular complexity index is 349. The molecule has 5 nitrogen and oxygen atoms in total. The number of hydrogen-bond donors (Lipinski definition) is 1. The summed E-state index contributed by atoms with van der Waals surface area (Å²) in [5.74, 6) is 0.703. The topological polar surface area (TPSA) is 60.1 Å². The van der Waals surface area contributed by atoms with Crippen molar-refractivity contribution < 1.29 is 9.47 Å². The quantitative estimate of drug-likeness (QED) is 0.612. The van der Waals surface area contributed by atoms with Gasteiger partial charge in [-0.2, -0.15) is 0 Å². The summed E-state index contributed by atoms with van der Waals surface area (Å²) in [6.45, 7) is 6.13. The Balaban J connectivity index is 1.63. The van der Waals surface area contributed by atoms with Gasteiger partial charge in [-0.05, 0) is 26.2 Å². The largest absolute Gasteiger partial charge is 0.378 e. The predicted molar refractivity (Wildman–Crippen MR) is 74.1 cm³/mol. The van der Waals surface area contributed by atoms with Gasteiger partial charge in [0.15, 0.2) is 5.96 Å². The van der Waals surface area contributed by atoms with E-state index in [0.717, 1.165) is 39.3 Å². The van der Waals surface area contributed by atoms with Crippen LogP contribution in [-0.2, 0) is 9.47 Å². The zero-order chi connectivity index (χ0) is 13.3. The fourth-order valence-corrected chi connectivity index (χ4v) is 3.62. The van der Waals surface area contributed by atoms with Crippen LogP contribution in [0.1, 0.15) is 32.6 Å². The zero-order valence-corrected chi connectivity index (χ0v) is 11.8. The van der Waals surface area contributed by atoms with Crippen molar-refractivity contribution in [2.24, 2.45) is 16.1 Å². The van der Waals surface area contributed by atoms with Gasteiger partial charge < -0.3 is 20.1 Å². The molecule has 3 fully saturated rings. The Labute approximate surface area is 115 Å². The molecule has 0 bridgehead atoms. The van der Waals surface area contributed by atoms with Crippen molar-refractivity contribution in [2.75, 3.05) is 32.9 Å². The monoisotopic (exact) mass is 267 g/mol. The fraction of sp³-hybridized carbons (Fsp3) is 0.929. The van der Waals surface area contributed by atoms with E-state index in [9.17, 15) is 0 Å². The highest BCUT2D eigenvalue weighted by atomic mass is 16.5. The standard InChI is InChI=1S/C14H25N3O2/c1-2-19-12-10-11(14(12)4-3-5-14)16-13(15)17-6-8-18-9-7-17/h11-12H,2-10H2,1H3,(H2,15,16). The summed E-state index contributed by atoms with van der Waals surface area (Å²) in [4.78, 5) is 6.94. The van der Waals surface area contributed by atoms with E-state index in [4.69, 9.17) is 20.2 Å². The number of morpholine rings is 1. The van der Waals surface area contributed by atoms with E-state index in [1.165, 1.54) is 19.3 Å². The first-order valence-electron chi connectivity index (χ1n) is 7.54. The van der Waals surface area contributed by atoms with Gasteiger partial charge in [0.05, 0.1) is 25.4 Å². The highest BCUT2D eigenvalue weighted by Crippen LogP contribution is 2.58. The molecule has 2 atom stereocenters. The lowest BCUT2D eigenvalue weighted by molar-refractivity contribution is -0.162. The summed E-state index contributed by atoms with van der Waals surface area (Å²) < 4.78 is 11.2. The molecule has 2 unspecified atom stereocenters. The van der Waals surface area contributed by atoms with Crippen LogP contribution in [0, 0.1) is 5.41 Å². The molecular weight excluding hydrogens is 242 g/mol. The van der Waals surface area contributed by atoms with E-state index in [-0.39, 0.29) is 0 Å². The summed E-state index contributed by atoms with van der Waals surface area (Å²) in [6.07, 6.45) is 5.27. The van der Waals surface area contributed by atoms with Crippen LogP contribution in [0.3, 0.4) is 0 Å². The average Bonchev–Trinajstić information content (AvgIpc) is 2.36. The minimum absolute atomic E-state index is 0.312. The average molecular weight is 267 g/mol. The number of rotatable bonds is 3. The van der Waals surface area contributed by atoms with Crippen LogP contribution in [0.25, 0.3) is 0 Å². The molecule has 3 rings (SSSR count). The van der Waals surface area contributed by atoms with E-state index < -0.39 is 0 Å². The fourth-order valence-electron chi connectivity index (χ4n) is 3.62. The molecule has 2 aliphatic carbocycles. The van der Waals surface area contributed by atoms with Gasteiger partial charge in [0.25, 0.3) is 0 Å². The Morgan fingerprint density at radius 1 is 1.42 bits per heavy atom. The third kappa shape index (κ3) is 2.23. The van der Waals surface area contributed by atoms with Crippen LogP contribution in [-0.4, -0.2) is 55.9 Å². The third-order valence-electron chi connectivity index (χ3n) is 5.02. The first-order valence-corrected chi connectivity index (χ1v) is 7.54. The van der Waals surface area contributed by atoms with Gasteiger partial charge in [-0.3, -0.25) is 0 Å². The summed E-state index contributed by atoms with van der Waals surface area (Å²) in [5, 5.41) is 0. The smallest absolute Gasteiger partial charge is 0.191 e. The molecule has 1 aliphatic heterocycles. The van der Waals surface area contributed by atoms with Crippen LogP contribution < -0.4 is 5.73 Å². The second-order valence-corrected chi connectivity index (χ2v) is 5.87. The van der Waals surface area contributed by atoms with Gasteiger partial charge in [-0.15, -0.1) is 0 Å². The molecule has 108 valence electrons. The van der Waals surface area contributed by atoms with Crippen molar-refractivity contribution in [3.8, 4) is 0 Å². The lowest BCUT2D eigenvalue weighted by Gasteiger charge is -2.59. The Kier molecular flexibility index (Phi) is 3.67. The molecule has 5 heteroatoms. The maximum absolute atomic E-state index is 6.16. The van der Waals surface area contributed by atoms with E-state index >= 15 is 0 Å². The maximum Gasteiger partial charge on any atom is 0.191 e. The Hall–Kier alpha value is -0.810. The molecule has 2 N–H and O–H groups in total. The first kappa shape index (κ1) is 13.2. The number of hydrogen-bond acceptors (Lipinski definition) is 3. The molecule has 0 radical (unpaired) electrons. The summed E-state index contributed by atoms with van der Waals surface area (Å²) in [6, 6.07) is 0.376. The van der Waals surface area contributed by atoms with E-state index in [1.54, 1.807) is 0 Å². The van der Waals surface area contributed by atoms with Gasteiger partial charge in [-0.25, -0.2) is 4.99 Å². The van der Waals surface area contributed by atoms with Crippen LogP contribution in [0.2, 0.25) is 0 Å². The highest BCUT2D eigenvalue weighted by Gasteiger charge is 2.59. The summed E-state index contributed by atoms with van der Waals surface area (Å²) >= 11 is 0. The molecule has 1 saturated heterocycles. The van der Waals surface area contributed by atoms with Crippen LogP contribution in [0.5, 0.6) is 0 Å². The number of nitrogens with two attached hydrogens (primary N) is 1. The Morgan fingerprint density at radius 2 is 2.16 bits per heavy atom. The summed E-state index contributed by atoms with van der Waals surface area (Å²) in [7, 11) is 0. The molecule has 2 saturated carbocycles. The Morgan fingerprint density at radius 3 is 2.74 bits per heavy atom. The van der Waals surface area contributed by atoms with Crippen molar-refractivity contribution in [3.05, 3.63) is 0 Å². The van der Waals surface area contributed by atoms with Gasteiger partial charge in [-0.1, -0.05) is 6.42 Å².